The van der Waals surface area contributed by atoms with Crippen LogP contribution in [0.3, 0.4) is 0 Å². The first kappa shape index (κ1) is 20.6. The van der Waals surface area contributed by atoms with Gasteiger partial charge in [0.15, 0.2) is 0 Å². The Balaban J connectivity index is 1.76. The first-order valence-corrected chi connectivity index (χ1v) is 10.2. The number of hydrogen-bond donors (Lipinski definition) is 3. The van der Waals surface area contributed by atoms with Crippen molar-refractivity contribution in [3.63, 3.8) is 0 Å². The summed E-state index contributed by atoms with van der Waals surface area (Å²) in [4.78, 5) is 12.2. The fraction of sp³-hybridized carbons (Fsp3) is 0.857. The second kappa shape index (κ2) is 9.84. The summed E-state index contributed by atoms with van der Waals surface area (Å²) in [6, 6.07) is 0. The Hall–Kier alpha value is -0.710. The molecule has 0 aliphatic heterocycles. The molecule has 3 N–H and O–H groups in total. The maximum atomic E-state index is 12.2. The molecule has 0 unspecified atom stereocenters. The van der Waals surface area contributed by atoms with Gasteiger partial charge >= 0.3 is 0 Å². The van der Waals surface area contributed by atoms with Crippen LogP contribution in [0.15, 0.2) is 12.2 Å². The molecule has 4 nitrogen and oxygen atoms in total. The molecule has 0 bridgehead atoms. The van der Waals surface area contributed by atoms with E-state index < -0.39 is 11.7 Å². The van der Waals surface area contributed by atoms with Gasteiger partial charge in [-0.05, 0) is 38.0 Å². The number of carbonyl (C=O) groups is 1. The summed E-state index contributed by atoms with van der Waals surface area (Å²) in [5.74, 6) is 0.681. The van der Waals surface area contributed by atoms with Crippen LogP contribution in [-0.4, -0.2) is 39.4 Å². The first-order valence-electron chi connectivity index (χ1n) is 10.2. The molecule has 0 aromatic heterocycles. The van der Waals surface area contributed by atoms with Crippen LogP contribution in [0.5, 0.6) is 0 Å². The Morgan fingerprint density at radius 1 is 1.16 bits per heavy atom. The molecule has 0 saturated heterocycles. The minimum atomic E-state index is -0.567. The van der Waals surface area contributed by atoms with Crippen LogP contribution in [-0.2, 0) is 4.79 Å². The Morgan fingerprint density at radius 3 is 2.52 bits per heavy atom. The summed E-state index contributed by atoms with van der Waals surface area (Å²) in [5.41, 5.74) is -0.563. The van der Waals surface area contributed by atoms with E-state index in [0.29, 0.717) is 12.3 Å². The molecule has 0 spiro atoms. The van der Waals surface area contributed by atoms with Crippen LogP contribution in [0.1, 0.15) is 77.6 Å². The van der Waals surface area contributed by atoms with Crippen LogP contribution in [0.25, 0.3) is 0 Å². The van der Waals surface area contributed by atoms with Crippen LogP contribution in [0.2, 0.25) is 0 Å². The first-order chi connectivity index (χ1) is 12.0. The van der Waals surface area contributed by atoms with Gasteiger partial charge in [0.2, 0.25) is 0 Å². The second-order valence-electron chi connectivity index (χ2n) is 8.24. The Kier molecular flexibility index (Phi) is 8.11. The number of hydrogen-bond acceptors (Lipinski definition) is 4. The van der Waals surface area contributed by atoms with Crippen molar-refractivity contribution in [1.82, 2.24) is 0 Å². The summed E-state index contributed by atoms with van der Waals surface area (Å²) in [5, 5.41) is 29.4. The van der Waals surface area contributed by atoms with E-state index in [1.165, 1.54) is 0 Å². The molecule has 144 valence electrons. The highest BCUT2D eigenvalue weighted by molar-refractivity contribution is 5.84. The minimum Gasteiger partial charge on any atom is -0.396 e. The van der Waals surface area contributed by atoms with Crippen molar-refractivity contribution in [1.29, 1.82) is 0 Å². The van der Waals surface area contributed by atoms with Gasteiger partial charge in [-0.1, -0.05) is 51.2 Å². The summed E-state index contributed by atoms with van der Waals surface area (Å²) in [7, 11) is 0. The van der Waals surface area contributed by atoms with Crippen LogP contribution >= 0.6 is 0 Å². The van der Waals surface area contributed by atoms with Crippen molar-refractivity contribution in [2.75, 3.05) is 6.61 Å². The van der Waals surface area contributed by atoms with E-state index in [1.807, 2.05) is 12.2 Å². The van der Waals surface area contributed by atoms with E-state index in [-0.39, 0.29) is 30.6 Å². The molecule has 0 aromatic carbocycles. The van der Waals surface area contributed by atoms with Gasteiger partial charge in [-0.25, -0.2) is 0 Å². The molecular weight excluding hydrogens is 316 g/mol. The molecular formula is C21H36O4. The lowest BCUT2D eigenvalue weighted by molar-refractivity contribution is -0.121. The van der Waals surface area contributed by atoms with Crippen molar-refractivity contribution in [3.05, 3.63) is 12.2 Å². The third-order valence-corrected chi connectivity index (χ3v) is 6.18. The largest absolute Gasteiger partial charge is 0.396 e. The van der Waals surface area contributed by atoms with E-state index in [0.717, 1.165) is 57.8 Å². The molecule has 2 fully saturated rings. The van der Waals surface area contributed by atoms with E-state index in [1.54, 1.807) is 0 Å². The number of aliphatic hydroxyl groups excluding tert-OH is 2. The zero-order chi connectivity index (χ0) is 18.3. The van der Waals surface area contributed by atoms with Crippen LogP contribution in [0.4, 0.5) is 0 Å². The predicted molar refractivity (Wildman–Crippen MR) is 99.1 cm³/mol. The highest BCUT2D eigenvalue weighted by Gasteiger charge is 2.41. The smallest absolute Gasteiger partial charge is 0.139 e. The van der Waals surface area contributed by atoms with Gasteiger partial charge in [0.05, 0.1) is 11.7 Å². The standard InChI is InChI=1S/C21H36O4/c1-2-16-14-21(25,15-16)11-8-10-18-17(19(23)13-20(18)24)9-6-4-3-5-7-12-22/h8,10,16-18,20,22,24-25H,2-7,9,11-15H2,1H3/b10-8+/t16?,17-,18-,20-,21?/m1/s1. The van der Waals surface area contributed by atoms with E-state index in [4.69, 9.17) is 5.11 Å². The Bertz CT molecular complexity index is 439. The number of carbonyl (C=O) groups excluding carboxylic acids is 1. The fourth-order valence-corrected chi connectivity index (χ4v) is 4.51. The van der Waals surface area contributed by atoms with E-state index in [9.17, 15) is 15.0 Å². The molecule has 4 heteroatoms. The second-order valence-corrected chi connectivity index (χ2v) is 8.24. The van der Waals surface area contributed by atoms with Crippen LogP contribution < -0.4 is 0 Å². The minimum absolute atomic E-state index is 0.0662. The zero-order valence-corrected chi connectivity index (χ0v) is 15.7. The molecule has 3 atom stereocenters. The SMILES string of the molecule is CCC1CC(O)(C/C=C/[C@H]2[C@H](O)CC(=O)[C@@H]2CCCCCCCO)C1. The third kappa shape index (κ3) is 5.90. The molecule has 2 rings (SSSR count). The van der Waals surface area contributed by atoms with Crippen molar-refractivity contribution >= 4 is 5.78 Å². The van der Waals surface area contributed by atoms with E-state index >= 15 is 0 Å². The van der Waals surface area contributed by atoms with Crippen molar-refractivity contribution in [2.24, 2.45) is 17.8 Å². The molecule has 2 aliphatic rings. The summed E-state index contributed by atoms with van der Waals surface area (Å²) < 4.78 is 0. The van der Waals surface area contributed by atoms with Gasteiger partial charge in [0, 0.05) is 24.9 Å². The summed E-state index contributed by atoms with van der Waals surface area (Å²) >= 11 is 0. The molecule has 2 saturated carbocycles. The van der Waals surface area contributed by atoms with Gasteiger partial charge in [0.1, 0.15) is 5.78 Å². The van der Waals surface area contributed by atoms with Gasteiger partial charge in [-0.15, -0.1) is 0 Å². The topological polar surface area (TPSA) is 77.8 Å². The lowest BCUT2D eigenvalue weighted by Crippen LogP contribution is -2.43. The normalized spacial score (nSPS) is 35.4. The number of ketones is 1. The average Bonchev–Trinajstić information content (AvgIpc) is 2.82. The Morgan fingerprint density at radius 2 is 1.84 bits per heavy atom. The van der Waals surface area contributed by atoms with Crippen LogP contribution in [0, 0.1) is 17.8 Å². The van der Waals surface area contributed by atoms with Gasteiger partial charge < -0.3 is 15.3 Å². The van der Waals surface area contributed by atoms with E-state index in [2.05, 4.69) is 6.92 Å². The highest BCUT2D eigenvalue weighted by Crippen LogP contribution is 2.42. The molecule has 25 heavy (non-hydrogen) atoms. The van der Waals surface area contributed by atoms with Gasteiger partial charge in [-0.3, -0.25) is 4.79 Å². The maximum Gasteiger partial charge on any atom is 0.139 e. The lowest BCUT2D eigenvalue weighted by atomic mass is 9.68. The molecule has 0 radical (unpaired) electrons. The predicted octanol–water partition coefficient (Wildman–Crippen LogP) is 3.38. The number of unbranched alkanes of at least 4 members (excludes halogenated alkanes) is 4. The van der Waals surface area contributed by atoms with Gasteiger partial charge in [0.25, 0.3) is 0 Å². The molecule has 2 aliphatic carbocycles. The van der Waals surface area contributed by atoms with Crippen molar-refractivity contribution in [2.45, 2.75) is 89.3 Å². The Labute approximate surface area is 152 Å². The number of aliphatic hydroxyl groups is 3. The van der Waals surface area contributed by atoms with Crippen molar-refractivity contribution < 1.29 is 20.1 Å². The maximum absolute atomic E-state index is 12.2. The average molecular weight is 353 g/mol. The number of rotatable bonds is 11. The third-order valence-electron chi connectivity index (χ3n) is 6.18. The molecule has 0 aromatic rings. The molecule has 0 amide bonds. The van der Waals surface area contributed by atoms with Gasteiger partial charge in [-0.2, -0.15) is 0 Å². The highest BCUT2D eigenvalue weighted by atomic mass is 16.3. The summed E-state index contributed by atoms with van der Waals surface area (Å²) in [6.07, 6.45) is 13.1. The number of Topliss-reactive ketones (excluding diaryl/α,β-unsaturated/α-hetero) is 1. The van der Waals surface area contributed by atoms with Crippen molar-refractivity contribution in [3.8, 4) is 0 Å². The summed E-state index contributed by atoms with van der Waals surface area (Å²) in [6.45, 7) is 2.42. The quantitative estimate of drug-likeness (QED) is 0.393. The zero-order valence-electron chi connectivity index (χ0n) is 15.7. The monoisotopic (exact) mass is 352 g/mol. The fourth-order valence-electron chi connectivity index (χ4n) is 4.51. The molecule has 0 heterocycles. The lowest BCUT2D eigenvalue weighted by Gasteiger charge is -2.43.